The molecule has 0 unspecified atom stereocenters. The van der Waals surface area contributed by atoms with Gasteiger partial charge < -0.3 is 14.7 Å². The highest BCUT2D eigenvalue weighted by atomic mass is 15.2. The fourth-order valence-corrected chi connectivity index (χ4v) is 9.15. The number of para-hydroxylation sites is 6. The van der Waals surface area contributed by atoms with Gasteiger partial charge in [-0.1, -0.05) is 146 Å². The molecule has 0 spiro atoms. The molecule has 3 nitrogen and oxygen atoms in total. The lowest BCUT2D eigenvalue weighted by Crippen LogP contribution is -2.12. The normalized spacial score (nSPS) is 11.0. The Morgan fingerprint density at radius 1 is 0.212 bits per heavy atom. The Kier molecular flexibility index (Phi) is 11.8. The zero-order chi connectivity index (χ0) is 44.8. The van der Waals surface area contributed by atoms with Crippen molar-refractivity contribution in [1.29, 1.82) is 0 Å². The van der Waals surface area contributed by atoms with Crippen LogP contribution in [-0.2, 0) is 0 Å². The van der Waals surface area contributed by atoms with E-state index >= 15 is 0 Å². The molecule has 0 aliphatic carbocycles. The Balaban J connectivity index is 1.25. The van der Waals surface area contributed by atoms with Gasteiger partial charge in [-0.2, -0.15) is 0 Å². The fraction of sp³-hybridized carbons (Fsp3) is 0.0476. The summed E-state index contributed by atoms with van der Waals surface area (Å²) in [5.41, 5.74) is 20.2. The predicted octanol–water partition coefficient (Wildman–Crippen LogP) is 18.0. The highest BCUT2D eigenvalue weighted by Crippen LogP contribution is 2.48. The standard InChI is InChI=1S/C63H51N3/c1-46-22-19-31-55(40-46)64(52-25-7-4-8-26-52)61-37-16-13-34-58(61)49-43-50(59-35-14-17-38-62(59)65(53-27-9-5-10-28-53)56-32-20-23-47(2)41-56)45-51(44-49)60-36-15-18-39-63(60)66(54-29-11-6-12-30-54)57-33-21-24-48(3)42-57/h4-45H,1-3H3. The van der Waals surface area contributed by atoms with Crippen LogP contribution in [0.3, 0.4) is 0 Å². The Hall–Kier alpha value is -8.40. The van der Waals surface area contributed by atoms with Gasteiger partial charge in [0.25, 0.3) is 0 Å². The van der Waals surface area contributed by atoms with E-state index < -0.39 is 0 Å². The van der Waals surface area contributed by atoms with E-state index in [0.717, 1.165) is 84.6 Å². The maximum atomic E-state index is 2.39. The van der Waals surface area contributed by atoms with Crippen molar-refractivity contribution in [1.82, 2.24) is 0 Å². The Bertz CT molecular complexity index is 2890. The van der Waals surface area contributed by atoms with Crippen molar-refractivity contribution in [2.24, 2.45) is 0 Å². The largest absolute Gasteiger partial charge is 0.310 e. The summed E-state index contributed by atoms with van der Waals surface area (Å²) < 4.78 is 0. The second-order valence-corrected chi connectivity index (χ2v) is 16.9. The van der Waals surface area contributed by atoms with Crippen molar-refractivity contribution in [2.75, 3.05) is 14.7 Å². The summed E-state index contributed by atoms with van der Waals surface area (Å²) in [7, 11) is 0. The SMILES string of the molecule is Cc1cccc(N(c2ccccc2)c2ccccc2-c2cc(-c3ccccc3N(c3ccccc3)c3cccc(C)c3)cc(-c3ccccc3N(c3ccccc3)c3cccc(C)c3)c2)c1. The molecule has 0 saturated heterocycles. The summed E-state index contributed by atoms with van der Waals surface area (Å²) in [6.45, 7) is 6.48. The number of anilines is 9. The third-order valence-electron chi connectivity index (χ3n) is 12.1. The van der Waals surface area contributed by atoms with Crippen molar-refractivity contribution < 1.29 is 0 Å². The Morgan fingerprint density at radius 2 is 0.455 bits per heavy atom. The van der Waals surface area contributed by atoms with Gasteiger partial charge in [0.1, 0.15) is 0 Å². The molecule has 0 heterocycles. The number of benzene rings is 10. The molecule has 3 heteroatoms. The second-order valence-electron chi connectivity index (χ2n) is 16.9. The van der Waals surface area contributed by atoms with Gasteiger partial charge in [0, 0.05) is 50.8 Å². The first-order valence-corrected chi connectivity index (χ1v) is 22.7. The van der Waals surface area contributed by atoms with Crippen LogP contribution in [0.1, 0.15) is 16.7 Å². The lowest BCUT2D eigenvalue weighted by Gasteiger charge is -2.30. The van der Waals surface area contributed by atoms with Crippen molar-refractivity contribution in [3.8, 4) is 33.4 Å². The Morgan fingerprint density at radius 3 is 0.727 bits per heavy atom. The topological polar surface area (TPSA) is 9.72 Å². The van der Waals surface area contributed by atoms with Crippen molar-refractivity contribution in [3.63, 3.8) is 0 Å². The molecule has 0 aromatic heterocycles. The van der Waals surface area contributed by atoms with Crippen LogP contribution in [0.5, 0.6) is 0 Å². The first kappa shape index (κ1) is 41.6. The van der Waals surface area contributed by atoms with Crippen molar-refractivity contribution >= 4 is 51.2 Å². The average molecular weight is 850 g/mol. The highest BCUT2D eigenvalue weighted by molar-refractivity contribution is 5.97. The van der Waals surface area contributed by atoms with Gasteiger partial charge in [-0.25, -0.2) is 0 Å². The van der Waals surface area contributed by atoms with Crippen LogP contribution in [0.4, 0.5) is 51.2 Å². The van der Waals surface area contributed by atoms with Crippen LogP contribution in [0, 0.1) is 20.8 Å². The monoisotopic (exact) mass is 849 g/mol. The number of nitrogens with zero attached hydrogens (tertiary/aromatic N) is 3. The summed E-state index contributed by atoms with van der Waals surface area (Å²) in [4.78, 5) is 7.17. The molecular formula is C63H51N3. The zero-order valence-electron chi connectivity index (χ0n) is 37.6. The molecule has 0 radical (unpaired) electrons. The van der Waals surface area contributed by atoms with Gasteiger partial charge >= 0.3 is 0 Å². The molecule has 0 saturated carbocycles. The van der Waals surface area contributed by atoms with Crippen LogP contribution in [0.15, 0.2) is 255 Å². The van der Waals surface area contributed by atoms with Crippen LogP contribution >= 0.6 is 0 Å². The lowest BCUT2D eigenvalue weighted by atomic mass is 9.90. The lowest BCUT2D eigenvalue weighted by molar-refractivity contribution is 1.27. The van der Waals surface area contributed by atoms with Crippen molar-refractivity contribution in [3.05, 3.63) is 271 Å². The molecule has 10 rings (SSSR count). The highest BCUT2D eigenvalue weighted by Gasteiger charge is 2.23. The predicted molar refractivity (Wildman–Crippen MR) is 281 cm³/mol. The molecule has 0 N–H and O–H groups in total. The van der Waals surface area contributed by atoms with E-state index in [-0.39, 0.29) is 0 Å². The summed E-state index contributed by atoms with van der Waals surface area (Å²) in [5, 5.41) is 0. The molecule has 0 atom stereocenters. The quantitative estimate of drug-likeness (QED) is 0.121. The smallest absolute Gasteiger partial charge is 0.0540 e. The summed E-state index contributed by atoms with van der Waals surface area (Å²) in [5.74, 6) is 0. The van der Waals surface area contributed by atoms with E-state index in [1.807, 2.05) is 0 Å². The van der Waals surface area contributed by atoms with E-state index in [1.54, 1.807) is 0 Å². The molecule has 66 heavy (non-hydrogen) atoms. The van der Waals surface area contributed by atoms with E-state index in [4.69, 9.17) is 0 Å². The fourth-order valence-electron chi connectivity index (χ4n) is 9.15. The van der Waals surface area contributed by atoms with Gasteiger partial charge in [-0.05, 0) is 163 Å². The summed E-state index contributed by atoms with van der Waals surface area (Å²) >= 11 is 0. The van der Waals surface area contributed by atoms with Crippen LogP contribution in [0.2, 0.25) is 0 Å². The minimum absolute atomic E-state index is 1.09. The molecule has 0 aliphatic rings. The summed E-state index contributed by atoms with van der Waals surface area (Å²) in [6.07, 6.45) is 0. The zero-order valence-corrected chi connectivity index (χ0v) is 37.6. The van der Waals surface area contributed by atoms with Crippen LogP contribution in [0.25, 0.3) is 33.4 Å². The van der Waals surface area contributed by atoms with Gasteiger partial charge in [0.2, 0.25) is 0 Å². The number of aryl methyl sites for hydroxylation is 3. The first-order valence-electron chi connectivity index (χ1n) is 22.7. The minimum Gasteiger partial charge on any atom is -0.310 e. The maximum Gasteiger partial charge on any atom is 0.0540 e. The third-order valence-corrected chi connectivity index (χ3v) is 12.1. The number of rotatable bonds is 12. The molecule has 318 valence electrons. The van der Waals surface area contributed by atoms with Crippen LogP contribution in [-0.4, -0.2) is 0 Å². The average Bonchev–Trinajstić information content (AvgIpc) is 3.36. The molecular weight excluding hydrogens is 799 g/mol. The van der Waals surface area contributed by atoms with Crippen molar-refractivity contribution in [2.45, 2.75) is 20.8 Å². The van der Waals surface area contributed by atoms with Gasteiger partial charge in [-0.3, -0.25) is 0 Å². The van der Waals surface area contributed by atoms with Gasteiger partial charge in [-0.15, -0.1) is 0 Å². The van der Waals surface area contributed by atoms with Gasteiger partial charge in [0.05, 0.1) is 17.1 Å². The van der Waals surface area contributed by atoms with Crippen LogP contribution < -0.4 is 14.7 Å². The Labute approximate surface area is 389 Å². The second kappa shape index (κ2) is 18.8. The third kappa shape index (κ3) is 8.63. The molecule has 0 fully saturated rings. The van der Waals surface area contributed by atoms with E-state index in [2.05, 4.69) is 290 Å². The minimum atomic E-state index is 1.09. The first-order chi connectivity index (χ1) is 32.5. The number of hydrogen-bond acceptors (Lipinski definition) is 3. The molecule has 0 aliphatic heterocycles. The molecule has 0 bridgehead atoms. The van der Waals surface area contributed by atoms with E-state index in [0.29, 0.717) is 0 Å². The van der Waals surface area contributed by atoms with Gasteiger partial charge in [0.15, 0.2) is 0 Å². The van der Waals surface area contributed by atoms with E-state index in [9.17, 15) is 0 Å². The molecule has 10 aromatic carbocycles. The van der Waals surface area contributed by atoms with E-state index in [1.165, 1.54) is 16.7 Å². The number of hydrogen-bond donors (Lipinski definition) is 0. The maximum absolute atomic E-state index is 2.39. The summed E-state index contributed by atoms with van der Waals surface area (Å²) in [6, 6.07) is 92.2. The molecule has 0 amide bonds. The molecule has 10 aromatic rings.